The van der Waals surface area contributed by atoms with E-state index in [0.717, 1.165) is 31.7 Å². The Bertz CT molecular complexity index is 622. The maximum atomic E-state index is 12.3. The number of para-hydroxylation sites is 1. The molecule has 0 saturated carbocycles. The predicted molar refractivity (Wildman–Crippen MR) is 86.3 cm³/mol. The van der Waals surface area contributed by atoms with E-state index in [9.17, 15) is 4.79 Å². The topological polar surface area (TPSA) is 50.4 Å². The first-order valence-electron chi connectivity index (χ1n) is 7.66. The highest BCUT2D eigenvalue weighted by molar-refractivity contribution is 5.94. The molecule has 114 valence electrons. The Morgan fingerprint density at radius 3 is 2.50 bits per heavy atom. The van der Waals surface area contributed by atoms with Crippen LogP contribution in [0.5, 0.6) is 11.5 Å². The van der Waals surface area contributed by atoms with Gasteiger partial charge in [-0.2, -0.15) is 0 Å². The molecule has 4 nitrogen and oxygen atoms in total. The molecule has 2 aromatic rings. The Labute approximate surface area is 130 Å². The molecule has 3 rings (SSSR count). The first kappa shape index (κ1) is 14.6. The van der Waals surface area contributed by atoms with E-state index in [4.69, 9.17) is 4.74 Å². The monoisotopic (exact) mass is 296 g/mol. The summed E-state index contributed by atoms with van der Waals surface area (Å²) in [4.78, 5) is 12.3. The number of carbonyl (C=O) groups is 1. The van der Waals surface area contributed by atoms with E-state index >= 15 is 0 Å². The third kappa shape index (κ3) is 3.86. The van der Waals surface area contributed by atoms with Crippen LogP contribution < -0.4 is 15.4 Å². The van der Waals surface area contributed by atoms with Gasteiger partial charge in [0.25, 0.3) is 5.91 Å². The summed E-state index contributed by atoms with van der Waals surface area (Å²) >= 11 is 0. The van der Waals surface area contributed by atoms with Crippen molar-refractivity contribution in [3.05, 3.63) is 60.2 Å². The van der Waals surface area contributed by atoms with Crippen molar-refractivity contribution in [3.8, 4) is 11.5 Å². The van der Waals surface area contributed by atoms with Crippen molar-refractivity contribution in [2.45, 2.75) is 18.9 Å². The summed E-state index contributed by atoms with van der Waals surface area (Å²) in [6, 6.07) is 17.1. The van der Waals surface area contributed by atoms with Crippen LogP contribution in [-0.4, -0.2) is 25.0 Å². The largest absolute Gasteiger partial charge is 0.457 e. The fourth-order valence-corrected chi connectivity index (χ4v) is 2.56. The Balaban J connectivity index is 1.66. The molecule has 0 radical (unpaired) electrons. The molecule has 0 aromatic heterocycles. The van der Waals surface area contributed by atoms with Gasteiger partial charge in [-0.05, 0) is 56.3 Å². The molecule has 22 heavy (non-hydrogen) atoms. The molecule has 0 unspecified atom stereocenters. The third-order valence-corrected chi connectivity index (χ3v) is 3.75. The summed E-state index contributed by atoms with van der Waals surface area (Å²) < 4.78 is 5.77. The minimum atomic E-state index is -0.0367. The Kier molecular flexibility index (Phi) is 4.71. The number of piperidine rings is 1. The van der Waals surface area contributed by atoms with Gasteiger partial charge < -0.3 is 15.4 Å². The molecule has 2 N–H and O–H groups in total. The normalized spacial score (nSPS) is 15.3. The quantitative estimate of drug-likeness (QED) is 0.912. The van der Waals surface area contributed by atoms with Crippen LogP contribution in [0.4, 0.5) is 0 Å². The molecule has 0 spiro atoms. The second-order valence-corrected chi connectivity index (χ2v) is 5.44. The van der Waals surface area contributed by atoms with Crippen molar-refractivity contribution in [2.24, 2.45) is 0 Å². The number of amides is 1. The van der Waals surface area contributed by atoms with E-state index in [2.05, 4.69) is 10.6 Å². The lowest BCUT2D eigenvalue weighted by molar-refractivity contribution is 0.0929. The number of ether oxygens (including phenoxy) is 1. The van der Waals surface area contributed by atoms with Gasteiger partial charge in [-0.1, -0.05) is 24.3 Å². The van der Waals surface area contributed by atoms with Crippen LogP contribution >= 0.6 is 0 Å². The van der Waals surface area contributed by atoms with E-state index in [0.29, 0.717) is 11.3 Å². The zero-order valence-electron chi connectivity index (χ0n) is 12.4. The fraction of sp³-hybridized carbons (Fsp3) is 0.278. The lowest BCUT2D eigenvalue weighted by atomic mass is 10.1. The number of hydrogen-bond acceptors (Lipinski definition) is 3. The molecule has 1 saturated heterocycles. The van der Waals surface area contributed by atoms with Crippen molar-refractivity contribution in [2.75, 3.05) is 13.1 Å². The predicted octanol–water partition coefficient (Wildman–Crippen LogP) is 2.96. The smallest absolute Gasteiger partial charge is 0.251 e. The van der Waals surface area contributed by atoms with Gasteiger partial charge in [0, 0.05) is 11.6 Å². The van der Waals surface area contributed by atoms with E-state index < -0.39 is 0 Å². The first-order chi connectivity index (χ1) is 10.8. The summed E-state index contributed by atoms with van der Waals surface area (Å²) in [6.07, 6.45) is 1.96. The Morgan fingerprint density at radius 1 is 1.00 bits per heavy atom. The van der Waals surface area contributed by atoms with Crippen LogP contribution in [0.15, 0.2) is 54.6 Å². The van der Waals surface area contributed by atoms with E-state index in [-0.39, 0.29) is 11.9 Å². The molecule has 1 aliphatic heterocycles. The van der Waals surface area contributed by atoms with Crippen molar-refractivity contribution in [3.63, 3.8) is 0 Å². The standard InChI is InChI=1S/C18H20N2O2/c21-18(20-15-9-11-19-12-10-15)14-5-4-8-17(13-14)22-16-6-2-1-3-7-16/h1-8,13,15,19H,9-12H2,(H,20,21). The Hall–Kier alpha value is -2.33. The molecule has 0 bridgehead atoms. The SMILES string of the molecule is O=C(NC1CCNCC1)c1cccc(Oc2ccccc2)c1. The van der Waals surface area contributed by atoms with E-state index in [1.807, 2.05) is 48.5 Å². The van der Waals surface area contributed by atoms with Gasteiger partial charge in [0.15, 0.2) is 0 Å². The summed E-state index contributed by atoms with van der Waals surface area (Å²) in [5.41, 5.74) is 0.631. The van der Waals surface area contributed by atoms with E-state index in [1.165, 1.54) is 0 Å². The number of nitrogens with one attached hydrogen (secondary N) is 2. The minimum absolute atomic E-state index is 0.0367. The van der Waals surface area contributed by atoms with Crippen LogP contribution in [0.1, 0.15) is 23.2 Å². The van der Waals surface area contributed by atoms with Gasteiger partial charge >= 0.3 is 0 Å². The third-order valence-electron chi connectivity index (χ3n) is 3.75. The van der Waals surface area contributed by atoms with Gasteiger partial charge in [0.2, 0.25) is 0 Å². The molecule has 0 atom stereocenters. The van der Waals surface area contributed by atoms with Gasteiger partial charge in [0.1, 0.15) is 11.5 Å². The summed E-state index contributed by atoms with van der Waals surface area (Å²) in [6.45, 7) is 1.92. The summed E-state index contributed by atoms with van der Waals surface area (Å²) in [7, 11) is 0. The molecule has 1 amide bonds. The minimum Gasteiger partial charge on any atom is -0.457 e. The summed E-state index contributed by atoms with van der Waals surface area (Å²) in [5, 5.41) is 6.38. The lowest BCUT2D eigenvalue weighted by Crippen LogP contribution is -2.42. The molecule has 1 heterocycles. The highest BCUT2D eigenvalue weighted by Crippen LogP contribution is 2.21. The van der Waals surface area contributed by atoms with Gasteiger partial charge in [-0.25, -0.2) is 0 Å². The van der Waals surface area contributed by atoms with E-state index in [1.54, 1.807) is 6.07 Å². The Morgan fingerprint density at radius 2 is 1.73 bits per heavy atom. The van der Waals surface area contributed by atoms with Crippen LogP contribution in [0.3, 0.4) is 0 Å². The fourth-order valence-electron chi connectivity index (χ4n) is 2.56. The van der Waals surface area contributed by atoms with Gasteiger partial charge in [-0.15, -0.1) is 0 Å². The van der Waals surface area contributed by atoms with Crippen molar-refractivity contribution >= 4 is 5.91 Å². The summed E-state index contributed by atoms with van der Waals surface area (Å²) in [5.74, 6) is 1.40. The maximum Gasteiger partial charge on any atom is 0.251 e. The van der Waals surface area contributed by atoms with Gasteiger partial charge in [-0.3, -0.25) is 4.79 Å². The van der Waals surface area contributed by atoms with Gasteiger partial charge in [0.05, 0.1) is 0 Å². The second kappa shape index (κ2) is 7.09. The maximum absolute atomic E-state index is 12.3. The molecule has 1 fully saturated rings. The number of benzene rings is 2. The molecular formula is C18H20N2O2. The highest BCUT2D eigenvalue weighted by atomic mass is 16.5. The zero-order chi connectivity index (χ0) is 15.2. The van der Waals surface area contributed by atoms with Crippen molar-refractivity contribution < 1.29 is 9.53 Å². The highest BCUT2D eigenvalue weighted by Gasteiger charge is 2.16. The molecule has 2 aromatic carbocycles. The zero-order valence-corrected chi connectivity index (χ0v) is 12.4. The number of hydrogen-bond donors (Lipinski definition) is 2. The van der Waals surface area contributed by atoms with Crippen LogP contribution in [0, 0.1) is 0 Å². The van der Waals surface area contributed by atoms with Crippen LogP contribution in [-0.2, 0) is 0 Å². The average Bonchev–Trinajstić information content (AvgIpc) is 2.57. The lowest BCUT2D eigenvalue weighted by Gasteiger charge is -2.23. The average molecular weight is 296 g/mol. The first-order valence-corrected chi connectivity index (χ1v) is 7.66. The molecule has 4 heteroatoms. The van der Waals surface area contributed by atoms with Crippen molar-refractivity contribution in [1.82, 2.24) is 10.6 Å². The number of rotatable bonds is 4. The molecule has 0 aliphatic carbocycles. The number of carbonyl (C=O) groups excluding carboxylic acids is 1. The second-order valence-electron chi connectivity index (χ2n) is 5.44. The molecular weight excluding hydrogens is 276 g/mol. The van der Waals surface area contributed by atoms with Crippen molar-refractivity contribution in [1.29, 1.82) is 0 Å². The molecule has 1 aliphatic rings. The van der Waals surface area contributed by atoms with Crippen LogP contribution in [0.25, 0.3) is 0 Å². The van der Waals surface area contributed by atoms with Crippen LogP contribution in [0.2, 0.25) is 0 Å².